The van der Waals surface area contributed by atoms with Gasteiger partial charge in [-0.2, -0.15) is 5.10 Å². The normalized spacial score (nSPS) is 11.2. The van der Waals surface area contributed by atoms with Crippen LogP contribution in [-0.2, 0) is 11.2 Å². The van der Waals surface area contributed by atoms with Crippen molar-refractivity contribution in [3.63, 3.8) is 0 Å². The lowest BCUT2D eigenvalue weighted by Crippen LogP contribution is -2.36. The van der Waals surface area contributed by atoms with Gasteiger partial charge in [0, 0.05) is 22.8 Å². The van der Waals surface area contributed by atoms with Gasteiger partial charge in [-0.25, -0.2) is 13.5 Å². The second-order valence-corrected chi connectivity index (χ2v) is 6.91. The molecular formula is C18H21Cl2F2N3O. The molecule has 2 aromatic rings. The number of nitrogens with zero attached hydrogens (tertiary/aromatic N) is 3. The van der Waals surface area contributed by atoms with Crippen LogP contribution in [0, 0.1) is 13.8 Å². The zero-order valence-electron chi connectivity index (χ0n) is 14.9. The number of alkyl halides is 2. The lowest BCUT2D eigenvalue weighted by atomic mass is 10.1. The van der Waals surface area contributed by atoms with Crippen molar-refractivity contribution in [2.24, 2.45) is 0 Å². The number of hydrogen-bond donors (Lipinski definition) is 0. The Morgan fingerprint density at radius 1 is 1.31 bits per heavy atom. The maximum atomic E-state index is 12.7. The zero-order valence-corrected chi connectivity index (χ0v) is 16.4. The van der Waals surface area contributed by atoms with E-state index in [2.05, 4.69) is 5.10 Å². The van der Waals surface area contributed by atoms with E-state index >= 15 is 0 Å². The van der Waals surface area contributed by atoms with Crippen molar-refractivity contribution >= 4 is 29.1 Å². The van der Waals surface area contributed by atoms with Crippen molar-refractivity contribution in [3.05, 3.63) is 45.2 Å². The summed E-state index contributed by atoms with van der Waals surface area (Å²) in [6.07, 6.45) is -1.91. The fourth-order valence-corrected chi connectivity index (χ4v) is 3.32. The summed E-state index contributed by atoms with van der Waals surface area (Å²) < 4.78 is 27.1. The molecule has 0 spiro atoms. The van der Waals surface area contributed by atoms with Crippen molar-refractivity contribution in [1.29, 1.82) is 0 Å². The minimum atomic E-state index is -2.55. The molecule has 0 fully saturated rings. The molecule has 0 N–H and O–H groups in total. The van der Waals surface area contributed by atoms with E-state index in [1.165, 1.54) is 4.90 Å². The van der Waals surface area contributed by atoms with Crippen molar-refractivity contribution in [1.82, 2.24) is 14.7 Å². The summed E-state index contributed by atoms with van der Waals surface area (Å²) in [4.78, 5) is 13.7. The monoisotopic (exact) mass is 403 g/mol. The third-order valence-electron chi connectivity index (χ3n) is 4.11. The SMILES string of the molecule is CCCN(CC(F)F)C(=O)Cc1c(C)nn(-c2ccc(Cl)cc2Cl)c1C. The molecule has 142 valence electrons. The van der Waals surface area contributed by atoms with Gasteiger partial charge in [-0.1, -0.05) is 30.1 Å². The van der Waals surface area contributed by atoms with Gasteiger partial charge in [-0.15, -0.1) is 0 Å². The highest BCUT2D eigenvalue weighted by atomic mass is 35.5. The van der Waals surface area contributed by atoms with E-state index in [4.69, 9.17) is 23.2 Å². The highest BCUT2D eigenvalue weighted by molar-refractivity contribution is 6.35. The molecule has 0 saturated heterocycles. The van der Waals surface area contributed by atoms with Crippen LogP contribution in [0.25, 0.3) is 5.69 Å². The number of aryl methyl sites for hydroxylation is 1. The van der Waals surface area contributed by atoms with Crippen LogP contribution in [-0.4, -0.2) is 40.1 Å². The molecule has 1 heterocycles. The molecule has 2 rings (SSSR count). The molecule has 8 heteroatoms. The Hall–Kier alpha value is -1.66. The van der Waals surface area contributed by atoms with Gasteiger partial charge >= 0.3 is 0 Å². The van der Waals surface area contributed by atoms with E-state index in [0.717, 1.165) is 11.3 Å². The van der Waals surface area contributed by atoms with Gasteiger partial charge in [0.15, 0.2) is 0 Å². The molecule has 0 radical (unpaired) electrons. The first kappa shape index (κ1) is 20.6. The Kier molecular flexibility index (Phi) is 7.01. The number of halogens is 4. The third-order valence-corrected chi connectivity index (χ3v) is 4.65. The summed E-state index contributed by atoms with van der Waals surface area (Å²) in [5.74, 6) is -0.333. The molecule has 0 unspecified atom stereocenters. The second-order valence-electron chi connectivity index (χ2n) is 6.06. The first-order chi connectivity index (χ1) is 12.2. The van der Waals surface area contributed by atoms with Crippen molar-refractivity contribution in [3.8, 4) is 5.69 Å². The standard InChI is InChI=1S/C18H21Cl2F2N3O/c1-4-7-24(10-17(21)22)18(26)9-14-11(2)23-25(12(14)3)16-6-5-13(19)8-15(16)20/h5-6,8,17H,4,7,9-10H2,1-3H3. The van der Waals surface area contributed by atoms with Gasteiger partial charge in [0.05, 0.1) is 29.4 Å². The lowest BCUT2D eigenvalue weighted by molar-refractivity contribution is -0.132. The number of carbonyl (C=O) groups excluding carboxylic acids is 1. The fourth-order valence-electron chi connectivity index (χ4n) is 2.84. The van der Waals surface area contributed by atoms with Crippen molar-refractivity contribution in [2.75, 3.05) is 13.1 Å². The van der Waals surface area contributed by atoms with E-state index in [0.29, 0.717) is 34.4 Å². The van der Waals surface area contributed by atoms with Crippen LogP contribution in [0.5, 0.6) is 0 Å². The van der Waals surface area contributed by atoms with Gasteiger partial charge in [0.1, 0.15) is 0 Å². The minimum absolute atomic E-state index is 0.0234. The Bertz CT molecular complexity index is 793. The van der Waals surface area contributed by atoms with Gasteiger partial charge in [0.25, 0.3) is 6.43 Å². The molecule has 0 aliphatic heterocycles. The van der Waals surface area contributed by atoms with E-state index in [1.807, 2.05) is 13.8 Å². The van der Waals surface area contributed by atoms with E-state index in [9.17, 15) is 13.6 Å². The molecule has 1 amide bonds. The minimum Gasteiger partial charge on any atom is -0.337 e. The zero-order chi connectivity index (χ0) is 19.4. The molecule has 26 heavy (non-hydrogen) atoms. The Morgan fingerprint density at radius 3 is 2.58 bits per heavy atom. The molecule has 4 nitrogen and oxygen atoms in total. The summed E-state index contributed by atoms with van der Waals surface area (Å²) in [6, 6.07) is 5.07. The molecule has 1 aromatic carbocycles. The van der Waals surface area contributed by atoms with E-state index in [-0.39, 0.29) is 12.3 Å². The highest BCUT2D eigenvalue weighted by Crippen LogP contribution is 2.27. The van der Waals surface area contributed by atoms with Crippen LogP contribution in [0.3, 0.4) is 0 Å². The number of amides is 1. The highest BCUT2D eigenvalue weighted by Gasteiger charge is 2.22. The number of hydrogen-bond acceptors (Lipinski definition) is 2. The van der Waals surface area contributed by atoms with Crippen LogP contribution in [0.15, 0.2) is 18.2 Å². The summed E-state index contributed by atoms with van der Waals surface area (Å²) in [5.41, 5.74) is 2.77. The maximum absolute atomic E-state index is 12.7. The number of rotatable bonds is 7. The first-order valence-corrected chi connectivity index (χ1v) is 9.06. The average molecular weight is 404 g/mol. The Balaban J connectivity index is 2.31. The summed E-state index contributed by atoms with van der Waals surface area (Å²) in [5, 5.41) is 5.41. The molecule has 0 aliphatic rings. The van der Waals surface area contributed by atoms with Gasteiger partial charge in [0.2, 0.25) is 5.91 Å². The second kappa shape index (κ2) is 8.82. The van der Waals surface area contributed by atoms with E-state index < -0.39 is 13.0 Å². The molecule has 0 bridgehead atoms. The van der Waals surface area contributed by atoms with Crippen LogP contribution in [0.1, 0.15) is 30.3 Å². The number of benzene rings is 1. The topological polar surface area (TPSA) is 38.1 Å². The quantitative estimate of drug-likeness (QED) is 0.662. The fraction of sp³-hybridized carbons (Fsp3) is 0.444. The van der Waals surface area contributed by atoms with Crippen molar-refractivity contribution in [2.45, 2.75) is 40.0 Å². The lowest BCUT2D eigenvalue weighted by Gasteiger charge is -2.21. The Labute approximate surface area is 161 Å². The van der Waals surface area contributed by atoms with Crippen molar-refractivity contribution < 1.29 is 13.6 Å². The van der Waals surface area contributed by atoms with Gasteiger partial charge in [-0.05, 0) is 38.5 Å². The summed E-state index contributed by atoms with van der Waals surface area (Å²) in [6.45, 7) is 5.21. The van der Waals surface area contributed by atoms with Crippen LogP contribution in [0.4, 0.5) is 8.78 Å². The van der Waals surface area contributed by atoms with Crippen LogP contribution < -0.4 is 0 Å². The van der Waals surface area contributed by atoms with Gasteiger partial charge < -0.3 is 4.90 Å². The van der Waals surface area contributed by atoms with Gasteiger partial charge in [-0.3, -0.25) is 4.79 Å². The van der Waals surface area contributed by atoms with Crippen LogP contribution in [0.2, 0.25) is 10.0 Å². The summed E-state index contributed by atoms with van der Waals surface area (Å²) in [7, 11) is 0. The smallest absolute Gasteiger partial charge is 0.255 e. The van der Waals surface area contributed by atoms with E-state index in [1.54, 1.807) is 29.8 Å². The molecule has 0 saturated carbocycles. The van der Waals surface area contributed by atoms with Crippen LogP contribution >= 0.6 is 23.2 Å². The predicted octanol–water partition coefficient (Wildman–Crippen LogP) is 4.84. The molecule has 0 atom stereocenters. The summed E-state index contributed by atoms with van der Waals surface area (Å²) >= 11 is 12.2. The number of aromatic nitrogens is 2. The molecular weight excluding hydrogens is 383 g/mol. The average Bonchev–Trinajstić information content (AvgIpc) is 2.82. The number of carbonyl (C=O) groups is 1. The Morgan fingerprint density at radius 2 is 2.00 bits per heavy atom. The third kappa shape index (κ3) is 4.74. The largest absolute Gasteiger partial charge is 0.337 e. The maximum Gasteiger partial charge on any atom is 0.255 e. The first-order valence-electron chi connectivity index (χ1n) is 8.31. The predicted molar refractivity (Wildman–Crippen MR) is 99.6 cm³/mol. The molecule has 0 aliphatic carbocycles. The molecule has 1 aromatic heterocycles.